The first kappa shape index (κ1) is 16.8. The molecule has 21 heavy (non-hydrogen) atoms. The second kappa shape index (κ2) is 7.48. The summed E-state index contributed by atoms with van der Waals surface area (Å²) in [6.07, 6.45) is 0. The van der Waals surface area contributed by atoms with Gasteiger partial charge in [0.25, 0.3) is 0 Å². The number of carboxylic acids is 1. The monoisotopic (exact) mass is 317 g/mol. The van der Waals surface area contributed by atoms with E-state index >= 15 is 0 Å². The summed E-state index contributed by atoms with van der Waals surface area (Å²) in [6.45, 7) is 1.12. The number of aliphatic carboxylic acids is 1. The molecular weight excluding hydrogens is 302 g/mol. The van der Waals surface area contributed by atoms with Gasteiger partial charge in [0, 0.05) is 6.07 Å². The quantitative estimate of drug-likeness (QED) is 0.668. The molecule has 0 radical (unpaired) electrons. The first-order valence-corrected chi connectivity index (χ1v) is 7.58. The molecule has 0 fully saturated rings. The SMILES string of the molecule is CCOC(=O)CS(=O)(=O)Nc1cccc(OCC(=O)O)c1. The van der Waals surface area contributed by atoms with Gasteiger partial charge in [-0.15, -0.1) is 0 Å². The number of hydrogen-bond acceptors (Lipinski definition) is 6. The molecule has 0 bridgehead atoms. The average molecular weight is 317 g/mol. The Kier molecular flexibility index (Phi) is 5.97. The van der Waals surface area contributed by atoms with Crippen molar-refractivity contribution in [2.24, 2.45) is 0 Å². The summed E-state index contributed by atoms with van der Waals surface area (Å²) in [4.78, 5) is 21.5. The standard InChI is InChI=1S/C12H15NO7S/c1-2-19-12(16)8-21(17,18)13-9-4-3-5-10(6-9)20-7-11(14)15/h3-6,13H,2,7-8H2,1H3,(H,14,15). The first-order chi connectivity index (χ1) is 9.82. The van der Waals surface area contributed by atoms with E-state index in [0.717, 1.165) is 0 Å². The van der Waals surface area contributed by atoms with Crippen LogP contribution in [0.5, 0.6) is 5.75 Å². The summed E-state index contributed by atoms with van der Waals surface area (Å²) in [5, 5.41) is 8.49. The third kappa shape index (κ3) is 6.61. The number of rotatable bonds is 8. The zero-order valence-corrected chi connectivity index (χ0v) is 12.1. The molecule has 0 atom stereocenters. The van der Waals surface area contributed by atoms with Gasteiger partial charge in [0.1, 0.15) is 5.75 Å². The molecule has 1 aromatic rings. The maximum absolute atomic E-state index is 11.7. The molecule has 1 aromatic carbocycles. The average Bonchev–Trinajstić information content (AvgIpc) is 2.35. The zero-order valence-electron chi connectivity index (χ0n) is 11.2. The number of hydrogen-bond donors (Lipinski definition) is 2. The smallest absolute Gasteiger partial charge is 0.341 e. The summed E-state index contributed by atoms with van der Waals surface area (Å²) in [5.74, 6) is -2.62. The number of esters is 1. The van der Waals surface area contributed by atoms with Crippen LogP contribution in [-0.2, 0) is 24.3 Å². The van der Waals surface area contributed by atoms with E-state index in [-0.39, 0.29) is 18.0 Å². The fourth-order valence-electron chi connectivity index (χ4n) is 1.37. The Balaban J connectivity index is 2.71. The van der Waals surface area contributed by atoms with Crippen LogP contribution in [-0.4, -0.2) is 44.4 Å². The van der Waals surface area contributed by atoms with Crippen molar-refractivity contribution in [3.63, 3.8) is 0 Å². The van der Waals surface area contributed by atoms with Crippen molar-refractivity contribution >= 4 is 27.6 Å². The lowest BCUT2D eigenvalue weighted by Crippen LogP contribution is -2.24. The molecule has 0 aromatic heterocycles. The largest absolute Gasteiger partial charge is 0.482 e. The Bertz CT molecular complexity index is 612. The summed E-state index contributed by atoms with van der Waals surface area (Å²) in [7, 11) is -3.90. The molecule has 116 valence electrons. The van der Waals surface area contributed by atoms with Gasteiger partial charge < -0.3 is 14.6 Å². The summed E-state index contributed by atoms with van der Waals surface area (Å²) < 4.78 is 35.1. The first-order valence-electron chi connectivity index (χ1n) is 5.93. The lowest BCUT2D eigenvalue weighted by Gasteiger charge is -2.09. The Morgan fingerprint density at radius 2 is 2.05 bits per heavy atom. The van der Waals surface area contributed by atoms with E-state index in [2.05, 4.69) is 9.46 Å². The minimum absolute atomic E-state index is 0.0901. The van der Waals surface area contributed by atoms with Crippen LogP contribution in [0.1, 0.15) is 6.92 Å². The predicted molar refractivity (Wildman–Crippen MR) is 73.6 cm³/mol. The Hall–Kier alpha value is -2.29. The number of anilines is 1. The fourth-order valence-corrected chi connectivity index (χ4v) is 2.32. The maximum atomic E-state index is 11.7. The van der Waals surface area contributed by atoms with Crippen LogP contribution in [0.3, 0.4) is 0 Å². The number of benzene rings is 1. The van der Waals surface area contributed by atoms with Crippen molar-refractivity contribution < 1.29 is 32.6 Å². The molecule has 0 aliphatic rings. The van der Waals surface area contributed by atoms with Gasteiger partial charge in [-0.1, -0.05) is 6.07 Å². The molecule has 0 spiro atoms. The Morgan fingerprint density at radius 3 is 2.67 bits per heavy atom. The molecule has 0 unspecified atom stereocenters. The number of sulfonamides is 1. The number of nitrogens with one attached hydrogen (secondary N) is 1. The van der Waals surface area contributed by atoms with Crippen molar-refractivity contribution in [2.75, 3.05) is 23.7 Å². The van der Waals surface area contributed by atoms with Crippen molar-refractivity contribution in [1.82, 2.24) is 0 Å². The van der Waals surface area contributed by atoms with Gasteiger partial charge in [0.15, 0.2) is 12.4 Å². The number of carbonyl (C=O) groups is 2. The highest BCUT2D eigenvalue weighted by molar-refractivity contribution is 7.93. The molecular formula is C12H15NO7S. The minimum Gasteiger partial charge on any atom is -0.482 e. The molecule has 1 rings (SSSR count). The third-order valence-corrected chi connectivity index (χ3v) is 3.25. The van der Waals surface area contributed by atoms with E-state index in [1.54, 1.807) is 6.92 Å². The molecule has 0 heterocycles. The summed E-state index contributed by atoms with van der Waals surface area (Å²) in [5.41, 5.74) is 0.155. The molecule has 0 saturated carbocycles. The molecule has 8 nitrogen and oxygen atoms in total. The van der Waals surface area contributed by atoms with Gasteiger partial charge in [-0.25, -0.2) is 13.2 Å². The second-order valence-corrected chi connectivity index (χ2v) is 5.60. The molecule has 0 saturated heterocycles. The topological polar surface area (TPSA) is 119 Å². The molecule has 0 amide bonds. The van der Waals surface area contributed by atoms with E-state index in [1.165, 1.54) is 24.3 Å². The van der Waals surface area contributed by atoms with Crippen LogP contribution in [0.15, 0.2) is 24.3 Å². The van der Waals surface area contributed by atoms with Crippen LogP contribution >= 0.6 is 0 Å². The van der Waals surface area contributed by atoms with Crippen molar-refractivity contribution in [2.45, 2.75) is 6.92 Å². The highest BCUT2D eigenvalue weighted by atomic mass is 32.2. The van der Waals surface area contributed by atoms with E-state index in [4.69, 9.17) is 9.84 Å². The van der Waals surface area contributed by atoms with Gasteiger partial charge in [-0.05, 0) is 19.1 Å². The van der Waals surface area contributed by atoms with Gasteiger partial charge in [0.05, 0.1) is 12.3 Å². The third-order valence-electron chi connectivity index (χ3n) is 2.08. The second-order valence-electron chi connectivity index (χ2n) is 3.88. The minimum atomic E-state index is -3.90. The van der Waals surface area contributed by atoms with Gasteiger partial charge in [-0.3, -0.25) is 9.52 Å². The van der Waals surface area contributed by atoms with E-state index in [9.17, 15) is 18.0 Å². The van der Waals surface area contributed by atoms with Crippen molar-refractivity contribution in [3.8, 4) is 5.75 Å². The van der Waals surface area contributed by atoms with Crippen LogP contribution in [0.2, 0.25) is 0 Å². The number of carbonyl (C=O) groups excluding carboxylic acids is 1. The van der Waals surface area contributed by atoms with Crippen LogP contribution in [0, 0.1) is 0 Å². The van der Waals surface area contributed by atoms with E-state index < -0.39 is 34.3 Å². The summed E-state index contributed by atoms with van der Waals surface area (Å²) >= 11 is 0. The molecule has 0 aliphatic carbocycles. The van der Waals surface area contributed by atoms with Crippen molar-refractivity contribution in [1.29, 1.82) is 0 Å². The lowest BCUT2D eigenvalue weighted by molar-refractivity contribution is -0.140. The molecule has 9 heteroatoms. The normalized spacial score (nSPS) is 10.7. The highest BCUT2D eigenvalue weighted by Crippen LogP contribution is 2.18. The molecule has 2 N–H and O–H groups in total. The van der Waals surface area contributed by atoms with Crippen LogP contribution < -0.4 is 9.46 Å². The van der Waals surface area contributed by atoms with Crippen LogP contribution in [0.4, 0.5) is 5.69 Å². The maximum Gasteiger partial charge on any atom is 0.341 e. The van der Waals surface area contributed by atoms with E-state index in [1.807, 2.05) is 0 Å². The van der Waals surface area contributed by atoms with Crippen molar-refractivity contribution in [3.05, 3.63) is 24.3 Å². The zero-order chi connectivity index (χ0) is 15.9. The predicted octanol–water partition coefficient (Wildman–Crippen LogP) is 0.455. The van der Waals surface area contributed by atoms with Crippen LogP contribution in [0.25, 0.3) is 0 Å². The van der Waals surface area contributed by atoms with E-state index in [0.29, 0.717) is 0 Å². The van der Waals surface area contributed by atoms with Gasteiger partial charge >= 0.3 is 11.9 Å². The fraction of sp³-hybridized carbons (Fsp3) is 0.333. The van der Waals surface area contributed by atoms with Gasteiger partial charge in [-0.2, -0.15) is 0 Å². The Morgan fingerprint density at radius 1 is 1.33 bits per heavy atom. The van der Waals surface area contributed by atoms with Gasteiger partial charge in [0.2, 0.25) is 10.0 Å². The summed E-state index contributed by atoms with van der Waals surface area (Å²) in [6, 6.07) is 5.72. The highest BCUT2D eigenvalue weighted by Gasteiger charge is 2.17. The Labute approximate surface area is 121 Å². The lowest BCUT2D eigenvalue weighted by atomic mass is 10.3. The number of carboxylic acid groups (broad SMARTS) is 1. The number of ether oxygens (including phenoxy) is 2. The molecule has 0 aliphatic heterocycles.